The third kappa shape index (κ3) is 3.41. The highest BCUT2D eigenvalue weighted by Crippen LogP contribution is 2.31. The Bertz CT molecular complexity index is 640. The standard InChI is InChI=1S/C17H22N4O3/c1-13-10-16(23)18-14-4-2-3-5-15(14)21(13)17(24)11-19-6-8-20(12-22)9-7-19/h2-5,12-13H,6-11H2,1H3,(H,18,23)/t13-/m1/s1. The number of carbonyl (C=O) groups excluding carboxylic acids is 3. The van der Waals surface area contributed by atoms with Gasteiger partial charge in [0.25, 0.3) is 0 Å². The summed E-state index contributed by atoms with van der Waals surface area (Å²) >= 11 is 0. The molecule has 2 aliphatic heterocycles. The van der Waals surface area contributed by atoms with E-state index in [1.807, 2.05) is 31.2 Å². The van der Waals surface area contributed by atoms with E-state index in [0.717, 1.165) is 12.1 Å². The van der Waals surface area contributed by atoms with Crippen molar-refractivity contribution in [2.45, 2.75) is 19.4 Å². The van der Waals surface area contributed by atoms with Gasteiger partial charge in [0.2, 0.25) is 18.2 Å². The highest BCUT2D eigenvalue weighted by atomic mass is 16.2. The van der Waals surface area contributed by atoms with Crippen molar-refractivity contribution in [3.05, 3.63) is 24.3 Å². The average Bonchev–Trinajstić information content (AvgIpc) is 2.69. The van der Waals surface area contributed by atoms with Crippen LogP contribution in [-0.2, 0) is 14.4 Å². The van der Waals surface area contributed by atoms with Crippen LogP contribution in [0.15, 0.2) is 24.3 Å². The molecule has 0 unspecified atom stereocenters. The minimum absolute atomic E-state index is 0.0222. The molecule has 0 aliphatic carbocycles. The molecule has 1 saturated heterocycles. The summed E-state index contributed by atoms with van der Waals surface area (Å²) in [4.78, 5) is 41.2. The Hall–Kier alpha value is -2.41. The van der Waals surface area contributed by atoms with Gasteiger partial charge in [-0.05, 0) is 19.1 Å². The molecular weight excluding hydrogens is 308 g/mol. The maximum Gasteiger partial charge on any atom is 0.241 e. The van der Waals surface area contributed by atoms with Crippen LogP contribution >= 0.6 is 0 Å². The Balaban J connectivity index is 1.76. The van der Waals surface area contributed by atoms with Crippen molar-refractivity contribution in [3.8, 4) is 0 Å². The second kappa shape index (κ2) is 7.00. The molecule has 7 nitrogen and oxygen atoms in total. The van der Waals surface area contributed by atoms with Crippen LogP contribution in [0.5, 0.6) is 0 Å². The highest BCUT2D eigenvalue weighted by molar-refractivity contribution is 6.04. The van der Waals surface area contributed by atoms with Crippen molar-refractivity contribution < 1.29 is 14.4 Å². The number of hydrogen-bond donors (Lipinski definition) is 1. The molecule has 2 aliphatic rings. The van der Waals surface area contributed by atoms with Crippen LogP contribution in [0.1, 0.15) is 13.3 Å². The molecule has 3 amide bonds. The topological polar surface area (TPSA) is 73.0 Å². The molecule has 0 bridgehead atoms. The maximum absolute atomic E-state index is 12.9. The van der Waals surface area contributed by atoms with Gasteiger partial charge in [0.15, 0.2) is 0 Å². The number of para-hydroxylation sites is 2. The Morgan fingerprint density at radius 3 is 2.67 bits per heavy atom. The van der Waals surface area contributed by atoms with Crippen molar-refractivity contribution in [1.82, 2.24) is 9.80 Å². The van der Waals surface area contributed by atoms with E-state index in [-0.39, 0.29) is 24.3 Å². The number of carbonyl (C=O) groups is 3. The van der Waals surface area contributed by atoms with Crippen LogP contribution < -0.4 is 10.2 Å². The zero-order valence-electron chi connectivity index (χ0n) is 13.8. The zero-order chi connectivity index (χ0) is 17.1. The number of amides is 3. The lowest BCUT2D eigenvalue weighted by Gasteiger charge is -2.34. The zero-order valence-corrected chi connectivity index (χ0v) is 13.8. The van der Waals surface area contributed by atoms with Crippen molar-refractivity contribution in [2.24, 2.45) is 0 Å². The van der Waals surface area contributed by atoms with Crippen LogP contribution in [0, 0.1) is 0 Å². The van der Waals surface area contributed by atoms with Gasteiger partial charge in [0, 0.05) is 38.6 Å². The number of fused-ring (bicyclic) bond motifs is 1. The van der Waals surface area contributed by atoms with Crippen molar-refractivity contribution in [2.75, 3.05) is 42.9 Å². The number of anilines is 2. The smallest absolute Gasteiger partial charge is 0.241 e. The van der Waals surface area contributed by atoms with Gasteiger partial charge in [-0.25, -0.2) is 0 Å². The Morgan fingerprint density at radius 2 is 1.96 bits per heavy atom. The van der Waals surface area contributed by atoms with Gasteiger partial charge < -0.3 is 15.1 Å². The molecule has 1 N–H and O–H groups in total. The molecule has 0 aromatic heterocycles. The largest absolute Gasteiger partial charge is 0.343 e. The van der Waals surface area contributed by atoms with Crippen LogP contribution in [-0.4, -0.2) is 66.8 Å². The normalized spacial score (nSPS) is 21.7. The first-order valence-electron chi connectivity index (χ1n) is 8.21. The Kier molecular flexibility index (Phi) is 4.80. The third-order valence-electron chi connectivity index (χ3n) is 4.54. The quantitative estimate of drug-likeness (QED) is 0.821. The molecule has 24 heavy (non-hydrogen) atoms. The van der Waals surface area contributed by atoms with E-state index < -0.39 is 0 Å². The monoisotopic (exact) mass is 330 g/mol. The molecule has 1 atom stereocenters. The van der Waals surface area contributed by atoms with Crippen molar-refractivity contribution in [1.29, 1.82) is 0 Å². The minimum atomic E-state index is -0.197. The first-order valence-corrected chi connectivity index (χ1v) is 8.21. The fourth-order valence-corrected chi connectivity index (χ4v) is 3.26. The first kappa shape index (κ1) is 16.4. The SMILES string of the molecule is C[C@@H]1CC(=O)Nc2ccccc2N1C(=O)CN1CCN(C=O)CC1. The van der Waals surface area contributed by atoms with Gasteiger partial charge in [-0.3, -0.25) is 19.3 Å². The first-order chi connectivity index (χ1) is 11.6. The van der Waals surface area contributed by atoms with Gasteiger partial charge in [-0.1, -0.05) is 12.1 Å². The summed E-state index contributed by atoms with van der Waals surface area (Å²) in [6.07, 6.45) is 1.13. The fraction of sp³-hybridized carbons (Fsp3) is 0.471. The molecule has 128 valence electrons. The average molecular weight is 330 g/mol. The van der Waals surface area contributed by atoms with E-state index in [1.54, 1.807) is 9.80 Å². The summed E-state index contributed by atoms with van der Waals surface area (Å²) in [5.41, 5.74) is 1.42. The van der Waals surface area contributed by atoms with E-state index in [4.69, 9.17) is 0 Å². The van der Waals surface area contributed by atoms with E-state index in [9.17, 15) is 14.4 Å². The number of nitrogens with one attached hydrogen (secondary N) is 1. The van der Waals surface area contributed by atoms with Gasteiger partial charge in [0.05, 0.1) is 17.9 Å². The van der Waals surface area contributed by atoms with E-state index in [2.05, 4.69) is 10.2 Å². The van der Waals surface area contributed by atoms with Crippen LogP contribution in [0.3, 0.4) is 0 Å². The fourth-order valence-electron chi connectivity index (χ4n) is 3.26. The van der Waals surface area contributed by atoms with Gasteiger partial charge >= 0.3 is 0 Å². The number of piperazine rings is 1. The predicted octanol–water partition coefficient (Wildman–Crippen LogP) is 0.524. The molecule has 0 spiro atoms. The highest BCUT2D eigenvalue weighted by Gasteiger charge is 2.30. The Morgan fingerprint density at radius 1 is 1.25 bits per heavy atom. The summed E-state index contributed by atoms with van der Waals surface area (Å²) in [5, 5.41) is 2.86. The van der Waals surface area contributed by atoms with Crippen LogP contribution in [0.2, 0.25) is 0 Å². The van der Waals surface area contributed by atoms with Crippen LogP contribution in [0.25, 0.3) is 0 Å². The second-order valence-corrected chi connectivity index (χ2v) is 6.30. The minimum Gasteiger partial charge on any atom is -0.343 e. The third-order valence-corrected chi connectivity index (χ3v) is 4.54. The predicted molar refractivity (Wildman–Crippen MR) is 90.7 cm³/mol. The van der Waals surface area contributed by atoms with E-state index >= 15 is 0 Å². The maximum atomic E-state index is 12.9. The lowest BCUT2D eigenvalue weighted by molar-refractivity contribution is -0.122. The number of hydrogen-bond acceptors (Lipinski definition) is 4. The summed E-state index contributed by atoms with van der Waals surface area (Å²) in [5.74, 6) is -0.101. The summed E-state index contributed by atoms with van der Waals surface area (Å²) in [7, 11) is 0. The molecule has 2 heterocycles. The summed E-state index contributed by atoms with van der Waals surface area (Å²) in [6.45, 7) is 4.84. The molecule has 0 saturated carbocycles. The molecule has 0 radical (unpaired) electrons. The van der Waals surface area contributed by atoms with Crippen molar-refractivity contribution >= 4 is 29.6 Å². The lowest BCUT2D eigenvalue weighted by atomic mass is 10.1. The molecule has 1 fully saturated rings. The molecule has 3 rings (SSSR count). The van der Waals surface area contributed by atoms with E-state index in [0.29, 0.717) is 38.4 Å². The second-order valence-electron chi connectivity index (χ2n) is 6.30. The summed E-state index contributed by atoms with van der Waals surface area (Å²) in [6, 6.07) is 7.19. The Labute approximate surface area is 141 Å². The molecule has 7 heteroatoms. The summed E-state index contributed by atoms with van der Waals surface area (Å²) < 4.78 is 0. The van der Waals surface area contributed by atoms with Gasteiger partial charge in [-0.2, -0.15) is 0 Å². The number of rotatable bonds is 3. The van der Waals surface area contributed by atoms with Gasteiger partial charge in [-0.15, -0.1) is 0 Å². The number of nitrogens with zero attached hydrogens (tertiary/aromatic N) is 3. The lowest BCUT2D eigenvalue weighted by Crippen LogP contribution is -2.51. The molecular formula is C17H22N4O3. The molecule has 1 aromatic carbocycles. The van der Waals surface area contributed by atoms with Gasteiger partial charge in [0.1, 0.15) is 0 Å². The van der Waals surface area contributed by atoms with Crippen LogP contribution in [0.4, 0.5) is 11.4 Å². The van der Waals surface area contributed by atoms with Crippen molar-refractivity contribution in [3.63, 3.8) is 0 Å². The van der Waals surface area contributed by atoms with E-state index in [1.165, 1.54) is 0 Å². The number of benzene rings is 1. The molecule has 1 aromatic rings.